The first-order valence-electron chi connectivity index (χ1n) is 9.12. The quantitative estimate of drug-likeness (QED) is 0.570. The van der Waals surface area contributed by atoms with Crippen molar-refractivity contribution in [3.05, 3.63) is 35.9 Å². The van der Waals surface area contributed by atoms with Gasteiger partial charge >= 0.3 is 6.09 Å². The van der Waals surface area contributed by atoms with Gasteiger partial charge < -0.3 is 9.47 Å². The van der Waals surface area contributed by atoms with E-state index in [2.05, 4.69) is 13.8 Å². The number of carbonyl (C=O) groups excluding carboxylic acids is 1. The van der Waals surface area contributed by atoms with Gasteiger partial charge in [-0.05, 0) is 30.5 Å². The summed E-state index contributed by atoms with van der Waals surface area (Å²) in [5, 5.41) is 0. The summed E-state index contributed by atoms with van der Waals surface area (Å²) in [4.78, 5) is 14.2. The molecule has 1 aromatic rings. The number of hydrogen-bond acceptors (Lipinski definition) is 3. The second-order valence-corrected chi connectivity index (χ2v) is 6.08. The summed E-state index contributed by atoms with van der Waals surface area (Å²) in [6, 6.07) is 7.84. The molecule has 0 aliphatic carbocycles. The third kappa shape index (κ3) is 5.10. The van der Waals surface area contributed by atoms with Crippen molar-refractivity contribution in [2.45, 2.75) is 58.6 Å². The Labute approximate surface area is 145 Å². The van der Waals surface area contributed by atoms with E-state index >= 15 is 0 Å². The molecule has 1 aromatic carbocycles. The number of rotatable bonds is 9. The third-order valence-corrected chi connectivity index (χ3v) is 4.10. The second kappa shape index (κ2) is 10.1. The summed E-state index contributed by atoms with van der Waals surface area (Å²) in [5.74, 6) is 0. The molecule has 1 atom stereocenters. The summed E-state index contributed by atoms with van der Waals surface area (Å²) in [6.45, 7) is 5.40. The first-order chi connectivity index (χ1) is 11.8. The molecule has 1 aliphatic heterocycles. The molecule has 1 unspecified atom stereocenters. The maximum absolute atomic E-state index is 12.6. The smallest absolute Gasteiger partial charge is 0.416 e. The Kier molecular flexibility index (Phi) is 7.83. The van der Waals surface area contributed by atoms with E-state index in [9.17, 15) is 4.79 Å². The first kappa shape index (κ1) is 18.5. The number of ether oxygens (including phenoxy) is 2. The molecule has 0 radical (unpaired) electrons. The van der Waals surface area contributed by atoms with Crippen molar-refractivity contribution in [3.63, 3.8) is 0 Å². The Balaban J connectivity index is 2.04. The summed E-state index contributed by atoms with van der Waals surface area (Å²) >= 11 is 0. The lowest BCUT2D eigenvalue weighted by Gasteiger charge is -2.32. The zero-order valence-electron chi connectivity index (χ0n) is 14.9. The Morgan fingerprint density at radius 3 is 2.50 bits per heavy atom. The average molecular weight is 331 g/mol. The molecule has 0 saturated carbocycles. The van der Waals surface area contributed by atoms with Crippen LogP contribution in [0.3, 0.4) is 0 Å². The largest absolute Gasteiger partial charge is 0.449 e. The number of para-hydroxylation sites is 1. The van der Waals surface area contributed by atoms with Gasteiger partial charge in [-0.15, -0.1) is 0 Å². The Morgan fingerprint density at radius 2 is 1.75 bits per heavy atom. The summed E-state index contributed by atoms with van der Waals surface area (Å²) in [6.07, 6.45) is 9.58. The molecule has 2 rings (SSSR count). The highest BCUT2D eigenvalue weighted by molar-refractivity contribution is 5.93. The van der Waals surface area contributed by atoms with Gasteiger partial charge in [-0.3, -0.25) is 0 Å². The van der Waals surface area contributed by atoms with E-state index in [1.54, 1.807) is 4.90 Å². The standard InChI is InChI=1S/C20H29NO3/c1-3-5-9-15-23-19-14-13-17-11-7-8-12-18(17)21(19)20(22)24-16-10-6-4-2/h7-8,11-14,19H,3-6,9-10,15-16H2,1-2H3. The van der Waals surface area contributed by atoms with Gasteiger partial charge in [0.05, 0.1) is 12.3 Å². The molecule has 1 aliphatic rings. The van der Waals surface area contributed by atoms with Crippen LogP contribution in [0.2, 0.25) is 0 Å². The zero-order valence-corrected chi connectivity index (χ0v) is 14.9. The molecule has 1 amide bonds. The van der Waals surface area contributed by atoms with Gasteiger partial charge in [0.15, 0.2) is 6.23 Å². The molecule has 1 heterocycles. The van der Waals surface area contributed by atoms with Crippen LogP contribution in [0.1, 0.15) is 57.9 Å². The van der Waals surface area contributed by atoms with Crippen LogP contribution in [-0.4, -0.2) is 25.5 Å². The van der Waals surface area contributed by atoms with E-state index in [1.165, 1.54) is 0 Å². The minimum absolute atomic E-state index is 0.330. The molecule has 4 heteroatoms. The van der Waals surface area contributed by atoms with Gasteiger partial charge in [0.25, 0.3) is 0 Å². The van der Waals surface area contributed by atoms with Crippen molar-refractivity contribution in [2.24, 2.45) is 0 Å². The van der Waals surface area contributed by atoms with Crippen LogP contribution >= 0.6 is 0 Å². The van der Waals surface area contributed by atoms with Gasteiger partial charge in [0.2, 0.25) is 0 Å². The number of amides is 1. The van der Waals surface area contributed by atoms with Crippen molar-refractivity contribution < 1.29 is 14.3 Å². The van der Waals surface area contributed by atoms with Crippen LogP contribution < -0.4 is 4.90 Å². The van der Waals surface area contributed by atoms with Crippen molar-refractivity contribution >= 4 is 17.9 Å². The maximum atomic E-state index is 12.6. The lowest BCUT2D eigenvalue weighted by atomic mass is 10.1. The van der Waals surface area contributed by atoms with Crippen LogP contribution in [0, 0.1) is 0 Å². The maximum Gasteiger partial charge on any atom is 0.416 e. The second-order valence-electron chi connectivity index (χ2n) is 6.08. The van der Waals surface area contributed by atoms with E-state index in [-0.39, 0.29) is 6.09 Å². The highest BCUT2D eigenvalue weighted by atomic mass is 16.6. The molecule has 0 aromatic heterocycles. The fraction of sp³-hybridized carbons (Fsp3) is 0.550. The number of benzene rings is 1. The summed E-state index contributed by atoms with van der Waals surface area (Å²) < 4.78 is 11.4. The van der Waals surface area contributed by atoms with Crippen LogP contribution in [0.4, 0.5) is 10.5 Å². The third-order valence-electron chi connectivity index (χ3n) is 4.10. The van der Waals surface area contributed by atoms with Crippen molar-refractivity contribution in [1.29, 1.82) is 0 Å². The van der Waals surface area contributed by atoms with Crippen LogP contribution in [0.5, 0.6) is 0 Å². The SMILES string of the molecule is CCCCCOC(=O)N1c2ccccc2C=CC1OCCCCC. The molecule has 132 valence electrons. The van der Waals surface area contributed by atoms with Gasteiger partial charge in [-0.1, -0.05) is 63.8 Å². The van der Waals surface area contributed by atoms with Gasteiger partial charge in [-0.25, -0.2) is 9.69 Å². The lowest BCUT2D eigenvalue weighted by molar-refractivity contribution is 0.0707. The van der Waals surface area contributed by atoms with E-state index in [1.807, 2.05) is 36.4 Å². The number of unbranched alkanes of at least 4 members (excludes halogenated alkanes) is 4. The minimum Gasteiger partial charge on any atom is -0.449 e. The van der Waals surface area contributed by atoms with Crippen LogP contribution in [0.15, 0.2) is 30.3 Å². The molecule has 0 N–H and O–H groups in total. The van der Waals surface area contributed by atoms with E-state index in [0.29, 0.717) is 13.2 Å². The first-order valence-corrected chi connectivity index (χ1v) is 9.12. The number of hydrogen-bond donors (Lipinski definition) is 0. The highest BCUT2D eigenvalue weighted by Crippen LogP contribution is 2.30. The number of fused-ring (bicyclic) bond motifs is 1. The molecular formula is C20H29NO3. The molecule has 0 fully saturated rings. The normalized spacial score (nSPS) is 16.1. The molecule has 4 nitrogen and oxygen atoms in total. The topological polar surface area (TPSA) is 38.8 Å². The summed E-state index contributed by atoms with van der Waals surface area (Å²) in [7, 11) is 0. The van der Waals surface area contributed by atoms with Crippen molar-refractivity contribution in [3.8, 4) is 0 Å². The fourth-order valence-corrected chi connectivity index (χ4v) is 2.73. The Bertz CT molecular complexity index is 541. The molecule has 24 heavy (non-hydrogen) atoms. The predicted octanol–water partition coefficient (Wildman–Crippen LogP) is 5.38. The summed E-state index contributed by atoms with van der Waals surface area (Å²) in [5.41, 5.74) is 1.86. The molecule has 0 bridgehead atoms. The Hall–Kier alpha value is -1.81. The molecule has 0 saturated heterocycles. The lowest BCUT2D eigenvalue weighted by Crippen LogP contribution is -2.43. The van der Waals surface area contributed by atoms with Gasteiger partial charge in [-0.2, -0.15) is 0 Å². The van der Waals surface area contributed by atoms with Gasteiger partial charge in [0.1, 0.15) is 0 Å². The van der Waals surface area contributed by atoms with Gasteiger partial charge in [0, 0.05) is 6.61 Å². The predicted molar refractivity (Wildman–Crippen MR) is 98.1 cm³/mol. The van der Waals surface area contributed by atoms with E-state index in [0.717, 1.165) is 49.8 Å². The zero-order chi connectivity index (χ0) is 17.2. The van der Waals surface area contributed by atoms with Crippen LogP contribution in [0.25, 0.3) is 6.08 Å². The monoisotopic (exact) mass is 331 g/mol. The minimum atomic E-state index is -0.393. The highest BCUT2D eigenvalue weighted by Gasteiger charge is 2.29. The Morgan fingerprint density at radius 1 is 1.04 bits per heavy atom. The number of carbonyl (C=O) groups is 1. The average Bonchev–Trinajstić information content (AvgIpc) is 2.61. The molecular weight excluding hydrogens is 302 g/mol. The van der Waals surface area contributed by atoms with Crippen molar-refractivity contribution in [1.82, 2.24) is 0 Å². The molecule has 0 spiro atoms. The van der Waals surface area contributed by atoms with E-state index in [4.69, 9.17) is 9.47 Å². The number of nitrogens with zero attached hydrogens (tertiary/aromatic N) is 1. The fourth-order valence-electron chi connectivity index (χ4n) is 2.73. The number of anilines is 1. The van der Waals surface area contributed by atoms with Crippen molar-refractivity contribution in [2.75, 3.05) is 18.1 Å². The van der Waals surface area contributed by atoms with Crippen LogP contribution in [-0.2, 0) is 9.47 Å². The van der Waals surface area contributed by atoms with E-state index < -0.39 is 6.23 Å².